The highest BCUT2D eigenvalue weighted by Crippen LogP contribution is 2.46. The molecule has 3 aromatic rings. The summed E-state index contributed by atoms with van der Waals surface area (Å²) in [5.74, 6) is -0.121. The Kier molecular flexibility index (Phi) is 5.76. The van der Waals surface area contributed by atoms with Crippen molar-refractivity contribution in [2.45, 2.75) is 50.8 Å². The Labute approximate surface area is 189 Å². The van der Waals surface area contributed by atoms with Crippen molar-refractivity contribution in [1.82, 2.24) is 4.98 Å². The normalized spacial score (nSPS) is 15.8. The van der Waals surface area contributed by atoms with E-state index >= 15 is 0 Å². The first-order valence-electron chi connectivity index (χ1n) is 10.7. The minimum atomic E-state index is -4.92. The van der Waals surface area contributed by atoms with E-state index < -0.39 is 36.0 Å². The molecule has 0 aliphatic carbocycles. The van der Waals surface area contributed by atoms with Gasteiger partial charge in [-0.3, -0.25) is 4.98 Å². The number of anilines is 1. The van der Waals surface area contributed by atoms with E-state index in [0.29, 0.717) is 46.5 Å². The largest absolute Gasteiger partial charge is 0.493 e. The fourth-order valence-corrected chi connectivity index (χ4v) is 4.51. The van der Waals surface area contributed by atoms with E-state index in [4.69, 9.17) is 4.74 Å². The number of rotatable bonds is 6. The number of nitrogens with zero attached hydrogens (tertiary/aromatic N) is 1. The second-order valence-electron chi connectivity index (χ2n) is 9.31. The number of hydrogen-bond donors (Lipinski definition) is 2. The zero-order chi connectivity index (χ0) is 24.0. The molecule has 2 heterocycles. The molecule has 4 rings (SSSR count). The molecule has 0 spiro atoms. The summed E-state index contributed by atoms with van der Waals surface area (Å²) >= 11 is 0. The quantitative estimate of drug-likeness (QED) is 0.462. The first kappa shape index (κ1) is 23.3. The Bertz CT molecular complexity index is 1190. The fourth-order valence-electron chi connectivity index (χ4n) is 4.51. The van der Waals surface area contributed by atoms with E-state index in [2.05, 4.69) is 10.3 Å². The Morgan fingerprint density at radius 1 is 1.12 bits per heavy atom. The van der Waals surface area contributed by atoms with Gasteiger partial charge in [0.2, 0.25) is 0 Å². The molecule has 1 aliphatic heterocycles. The Morgan fingerprint density at radius 3 is 2.61 bits per heavy atom. The van der Waals surface area contributed by atoms with Gasteiger partial charge in [-0.05, 0) is 55.2 Å². The van der Waals surface area contributed by atoms with Gasteiger partial charge < -0.3 is 15.2 Å². The number of aliphatic hydroxyl groups is 1. The summed E-state index contributed by atoms with van der Waals surface area (Å²) in [6.07, 6.45) is -5.11. The van der Waals surface area contributed by atoms with Crippen LogP contribution in [-0.2, 0) is 11.8 Å². The first-order chi connectivity index (χ1) is 15.4. The third-order valence-electron chi connectivity index (χ3n) is 6.18. The number of halogens is 4. The number of pyridine rings is 1. The van der Waals surface area contributed by atoms with Crippen LogP contribution in [-0.4, -0.2) is 35.0 Å². The topological polar surface area (TPSA) is 54.4 Å². The van der Waals surface area contributed by atoms with Gasteiger partial charge in [-0.15, -0.1) is 0 Å². The Hall–Kier alpha value is -2.87. The lowest BCUT2D eigenvalue weighted by atomic mass is 9.74. The second kappa shape index (κ2) is 8.17. The third-order valence-corrected chi connectivity index (χ3v) is 6.18. The molecule has 0 fully saturated rings. The summed E-state index contributed by atoms with van der Waals surface area (Å²) < 4.78 is 62.3. The van der Waals surface area contributed by atoms with Gasteiger partial charge in [-0.1, -0.05) is 19.9 Å². The molecule has 0 saturated heterocycles. The van der Waals surface area contributed by atoms with Gasteiger partial charge in [0.05, 0.1) is 18.7 Å². The molecular weight excluding hydrogens is 436 g/mol. The van der Waals surface area contributed by atoms with Crippen LogP contribution in [0.5, 0.6) is 5.75 Å². The van der Waals surface area contributed by atoms with Crippen molar-refractivity contribution >= 4 is 16.6 Å². The summed E-state index contributed by atoms with van der Waals surface area (Å²) in [6, 6.07) is 11.2. The zero-order valence-electron chi connectivity index (χ0n) is 18.7. The molecule has 2 N–H and O–H groups in total. The maximum atomic E-state index is 14.2. The molecule has 2 aromatic carbocycles. The van der Waals surface area contributed by atoms with Crippen molar-refractivity contribution in [2.75, 3.05) is 18.5 Å². The number of alkyl halides is 3. The van der Waals surface area contributed by atoms with Crippen LogP contribution >= 0.6 is 0 Å². The maximum absolute atomic E-state index is 14.2. The monoisotopic (exact) mass is 462 g/mol. The van der Waals surface area contributed by atoms with E-state index in [1.165, 1.54) is 12.1 Å². The molecular formula is C25H26F4N2O2. The molecule has 0 radical (unpaired) electrons. The van der Waals surface area contributed by atoms with Crippen LogP contribution in [0.25, 0.3) is 10.9 Å². The van der Waals surface area contributed by atoms with Gasteiger partial charge in [-0.2, -0.15) is 13.2 Å². The van der Waals surface area contributed by atoms with E-state index in [1.807, 2.05) is 6.92 Å². The summed E-state index contributed by atoms with van der Waals surface area (Å²) in [5.41, 5.74) is -1.47. The molecule has 8 heteroatoms. The zero-order valence-corrected chi connectivity index (χ0v) is 18.7. The number of hydrogen-bond acceptors (Lipinski definition) is 4. The van der Waals surface area contributed by atoms with Crippen molar-refractivity contribution in [3.05, 3.63) is 65.1 Å². The molecule has 0 saturated carbocycles. The highest BCUT2D eigenvalue weighted by atomic mass is 19.4. The minimum absolute atomic E-state index is 0.322. The summed E-state index contributed by atoms with van der Waals surface area (Å²) in [5, 5.41) is 14.3. The average molecular weight is 462 g/mol. The number of fused-ring (bicyclic) bond motifs is 2. The lowest BCUT2D eigenvalue weighted by Crippen LogP contribution is -2.53. The third kappa shape index (κ3) is 4.49. The molecule has 0 amide bonds. The van der Waals surface area contributed by atoms with Crippen molar-refractivity contribution in [3.8, 4) is 5.75 Å². The van der Waals surface area contributed by atoms with Crippen molar-refractivity contribution in [1.29, 1.82) is 0 Å². The SMILES string of the molecule is Cc1ccc2c(NC[C@](O)(CC(C)(C)c3cc(F)cc4c3OCC4)C(F)(F)F)cccc2n1. The fraction of sp³-hybridized carbons (Fsp3) is 0.400. The average Bonchev–Trinajstić information content (AvgIpc) is 3.18. The van der Waals surface area contributed by atoms with Crippen LogP contribution in [0.15, 0.2) is 42.5 Å². The van der Waals surface area contributed by atoms with Crippen LogP contribution in [0.2, 0.25) is 0 Å². The van der Waals surface area contributed by atoms with E-state index in [-0.39, 0.29) is 0 Å². The molecule has 1 aliphatic rings. The standard InChI is InChI=1S/C25H26F4N2O2/c1-15-7-8-18-20(5-4-6-21(18)31-15)30-14-24(32,25(27,28)29)13-23(2,3)19-12-17(26)11-16-9-10-33-22(16)19/h4-8,11-12,30,32H,9-10,13-14H2,1-3H3/t24-/m1/s1. The molecule has 176 valence electrons. The molecule has 1 aromatic heterocycles. The van der Waals surface area contributed by atoms with Crippen LogP contribution in [0.1, 0.15) is 37.1 Å². The molecule has 0 bridgehead atoms. The van der Waals surface area contributed by atoms with Crippen LogP contribution in [0.3, 0.4) is 0 Å². The number of aryl methyl sites for hydroxylation is 1. The smallest absolute Gasteiger partial charge is 0.418 e. The minimum Gasteiger partial charge on any atom is -0.493 e. The second-order valence-corrected chi connectivity index (χ2v) is 9.31. The van der Waals surface area contributed by atoms with Gasteiger partial charge in [0.25, 0.3) is 0 Å². The maximum Gasteiger partial charge on any atom is 0.418 e. The van der Waals surface area contributed by atoms with Gasteiger partial charge in [0.15, 0.2) is 5.60 Å². The highest BCUT2D eigenvalue weighted by molar-refractivity contribution is 5.91. The Balaban J connectivity index is 1.65. The Morgan fingerprint density at radius 2 is 1.88 bits per heavy atom. The predicted molar refractivity (Wildman–Crippen MR) is 119 cm³/mol. The summed E-state index contributed by atoms with van der Waals surface area (Å²) in [7, 11) is 0. The lowest BCUT2D eigenvalue weighted by Gasteiger charge is -2.38. The molecule has 1 atom stereocenters. The molecule has 0 unspecified atom stereocenters. The van der Waals surface area contributed by atoms with Crippen LogP contribution < -0.4 is 10.1 Å². The van der Waals surface area contributed by atoms with Crippen LogP contribution in [0, 0.1) is 12.7 Å². The van der Waals surface area contributed by atoms with Gasteiger partial charge in [0, 0.05) is 34.3 Å². The molecule has 33 heavy (non-hydrogen) atoms. The number of benzene rings is 2. The highest BCUT2D eigenvalue weighted by Gasteiger charge is 2.56. The predicted octanol–water partition coefficient (Wildman–Crippen LogP) is 5.69. The van der Waals surface area contributed by atoms with Gasteiger partial charge in [-0.25, -0.2) is 4.39 Å². The van der Waals surface area contributed by atoms with Gasteiger partial charge >= 0.3 is 6.18 Å². The molecule has 4 nitrogen and oxygen atoms in total. The first-order valence-corrected chi connectivity index (χ1v) is 10.7. The summed E-state index contributed by atoms with van der Waals surface area (Å²) in [4.78, 5) is 4.40. The van der Waals surface area contributed by atoms with E-state index in [9.17, 15) is 22.7 Å². The number of aromatic nitrogens is 1. The van der Waals surface area contributed by atoms with Crippen molar-refractivity contribution in [3.63, 3.8) is 0 Å². The summed E-state index contributed by atoms with van der Waals surface area (Å²) in [6.45, 7) is 4.53. The van der Waals surface area contributed by atoms with E-state index in [1.54, 1.807) is 44.2 Å². The van der Waals surface area contributed by atoms with Gasteiger partial charge in [0.1, 0.15) is 11.6 Å². The van der Waals surface area contributed by atoms with Crippen LogP contribution in [0.4, 0.5) is 23.2 Å². The van der Waals surface area contributed by atoms with E-state index in [0.717, 1.165) is 5.69 Å². The number of ether oxygens (including phenoxy) is 1. The number of nitrogens with one attached hydrogen (secondary N) is 1. The van der Waals surface area contributed by atoms with Crippen molar-refractivity contribution in [2.24, 2.45) is 0 Å². The van der Waals surface area contributed by atoms with Crippen molar-refractivity contribution < 1.29 is 27.4 Å². The lowest BCUT2D eigenvalue weighted by molar-refractivity contribution is -0.260.